The molecule has 0 aliphatic rings. The average molecular weight is 629 g/mol. The van der Waals surface area contributed by atoms with E-state index in [9.17, 15) is 0 Å². The first-order chi connectivity index (χ1) is 16.6. The van der Waals surface area contributed by atoms with Gasteiger partial charge in [-0.25, -0.2) is 0 Å². The van der Waals surface area contributed by atoms with Crippen molar-refractivity contribution in [3.05, 3.63) is 0 Å². The SMILES string of the molecule is CCCC[Si](C)(C)O[Si](CC[SiH]([SiH](C)OC)[Si](C)(CCCC)OC)(O[SiH](C)C)O[Si](C)(C)CCCC. The molecule has 0 saturated heterocycles. The van der Waals surface area contributed by atoms with Gasteiger partial charge in [0.15, 0.2) is 42.1 Å². The van der Waals surface area contributed by atoms with E-state index in [-0.39, 0.29) is 0 Å². The van der Waals surface area contributed by atoms with Gasteiger partial charge in [0.2, 0.25) is 0 Å². The van der Waals surface area contributed by atoms with Crippen molar-refractivity contribution in [1.82, 2.24) is 0 Å². The summed E-state index contributed by atoms with van der Waals surface area (Å²) in [5.74, 6) is 0. The van der Waals surface area contributed by atoms with Crippen molar-refractivity contribution in [3.63, 3.8) is 0 Å². The second-order valence-electron chi connectivity index (χ2n) is 12.5. The van der Waals surface area contributed by atoms with Crippen LogP contribution in [0, 0.1) is 0 Å². The van der Waals surface area contributed by atoms with E-state index >= 15 is 0 Å². The van der Waals surface area contributed by atoms with Crippen LogP contribution >= 0.6 is 0 Å². The molecule has 0 aromatic rings. The molecule has 0 saturated carbocycles. The van der Waals surface area contributed by atoms with Crippen LogP contribution in [0.5, 0.6) is 0 Å². The Labute approximate surface area is 235 Å². The Kier molecular flexibility index (Phi) is 18.5. The maximum atomic E-state index is 7.32. The van der Waals surface area contributed by atoms with Crippen molar-refractivity contribution in [2.24, 2.45) is 0 Å². The molecule has 0 heterocycles. The molecule has 0 fully saturated rings. The standard InChI is InChI=1S/C24H64O5Si7/c1-14-17-21-33(9,10)28-36(27-30(6)7,29-34(11,12)22-18-15-2)24-20-32(31(8)25-4)35(13,26-5)23-19-16-3/h30-32H,14-24H2,1-13H3. The molecule has 3 unspecified atom stereocenters. The van der Waals surface area contributed by atoms with Crippen LogP contribution in [0.2, 0.25) is 82.6 Å². The van der Waals surface area contributed by atoms with Gasteiger partial charge in [0, 0.05) is 20.3 Å². The average Bonchev–Trinajstić information content (AvgIpc) is 2.78. The zero-order valence-electron chi connectivity index (χ0n) is 26.6. The Morgan fingerprint density at radius 3 is 1.44 bits per heavy atom. The van der Waals surface area contributed by atoms with Gasteiger partial charge in [0.1, 0.15) is 0 Å². The summed E-state index contributed by atoms with van der Waals surface area (Å²) in [6.45, 7) is 26.0. The molecule has 0 bridgehead atoms. The minimum absolute atomic E-state index is 0.985. The second kappa shape index (κ2) is 17.9. The van der Waals surface area contributed by atoms with Crippen molar-refractivity contribution in [3.8, 4) is 0 Å². The summed E-state index contributed by atoms with van der Waals surface area (Å²) < 4.78 is 34.3. The molecule has 36 heavy (non-hydrogen) atoms. The highest BCUT2D eigenvalue weighted by molar-refractivity contribution is 7.53. The lowest BCUT2D eigenvalue weighted by Crippen LogP contribution is -2.63. The lowest BCUT2D eigenvalue weighted by atomic mass is 10.4. The largest absolute Gasteiger partial charge is 0.469 e. The highest BCUT2D eigenvalue weighted by Crippen LogP contribution is 2.34. The highest BCUT2D eigenvalue weighted by Gasteiger charge is 2.52. The van der Waals surface area contributed by atoms with Crippen LogP contribution < -0.4 is 0 Å². The van der Waals surface area contributed by atoms with Crippen molar-refractivity contribution < 1.29 is 21.2 Å². The van der Waals surface area contributed by atoms with Crippen LogP contribution in [-0.4, -0.2) is 72.9 Å². The van der Waals surface area contributed by atoms with Crippen molar-refractivity contribution in [2.45, 2.75) is 142 Å². The van der Waals surface area contributed by atoms with Gasteiger partial charge in [0.05, 0.1) is 7.83 Å². The molecule has 0 radical (unpaired) electrons. The molecule has 3 atom stereocenters. The summed E-state index contributed by atoms with van der Waals surface area (Å²) in [5.41, 5.74) is 0. The number of hydrogen-bond acceptors (Lipinski definition) is 5. The molecule has 218 valence electrons. The van der Waals surface area contributed by atoms with Crippen LogP contribution in [0.15, 0.2) is 0 Å². The van der Waals surface area contributed by atoms with E-state index in [0.29, 0.717) is 0 Å². The first-order valence-corrected chi connectivity index (χ1v) is 35.3. The van der Waals surface area contributed by atoms with Crippen LogP contribution in [0.1, 0.15) is 59.3 Å². The molecule has 0 amide bonds. The third-order valence-corrected chi connectivity index (χ3v) is 51.9. The quantitative estimate of drug-likeness (QED) is 0.117. The van der Waals surface area contributed by atoms with E-state index in [1.54, 1.807) is 0 Å². The van der Waals surface area contributed by atoms with Crippen molar-refractivity contribution >= 4 is 58.7 Å². The molecule has 0 rings (SSSR count). The fraction of sp³-hybridized carbons (Fsp3) is 1.00. The van der Waals surface area contributed by atoms with E-state index in [0.717, 1.165) is 6.04 Å². The molecule has 5 nitrogen and oxygen atoms in total. The van der Waals surface area contributed by atoms with E-state index in [1.165, 1.54) is 62.7 Å². The van der Waals surface area contributed by atoms with Crippen molar-refractivity contribution in [2.75, 3.05) is 14.2 Å². The Bertz CT molecular complexity index is 561. The van der Waals surface area contributed by atoms with Crippen LogP contribution in [0.3, 0.4) is 0 Å². The number of hydrogen-bond donors (Lipinski definition) is 0. The zero-order valence-corrected chi connectivity index (χ0v) is 34.0. The van der Waals surface area contributed by atoms with Gasteiger partial charge >= 0.3 is 8.80 Å². The summed E-state index contributed by atoms with van der Waals surface area (Å²) in [6, 6.07) is 5.82. The monoisotopic (exact) mass is 628 g/mol. The fourth-order valence-corrected chi connectivity index (χ4v) is 53.7. The minimum atomic E-state index is -2.82. The molecular weight excluding hydrogens is 565 g/mol. The fourth-order valence-electron chi connectivity index (χ4n) is 5.24. The zero-order chi connectivity index (χ0) is 28.0. The van der Waals surface area contributed by atoms with Crippen LogP contribution in [-0.2, 0) is 21.2 Å². The van der Waals surface area contributed by atoms with Gasteiger partial charge in [-0.2, -0.15) is 0 Å². The predicted octanol–water partition coefficient (Wildman–Crippen LogP) is 7.37. The first-order valence-electron chi connectivity index (χ1n) is 14.8. The summed E-state index contributed by atoms with van der Waals surface area (Å²) >= 11 is 0. The molecule has 0 aromatic carbocycles. The molecule has 0 spiro atoms. The maximum Gasteiger partial charge on any atom is 0.469 e. The van der Waals surface area contributed by atoms with E-state index in [4.69, 9.17) is 21.2 Å². The highest BCUT2D eigenvalue weighted by atomic mass is 29.6. The maximum absolute atomic E-state index is 7.32. The normalized spacial score (nSPS) is 16.8. The van der Waals surface area contributed by atoms with Gasteiger partial charge in [-0.1, -0.05) is 71.9 Å². The van der Waals surface area contributed by atoms with Crippen LogP contribution in [0.4, 0.5) is 0 Å². The Morgan fingerprint density at radius 1 is 0.639 bits per heavy atom. The Hall–Kier alpha value is 1.32. The third kappa shape index (κ3) is 14.1. The Morgan fingerprint density at radius 2 is 1.08 bits per heavy atom. The molecular formula is C24H64O5Si7. The van der Waals surface area contributed by atoms with E-state index < -0.39 is 58.7 Å². The topological polar surface area (TPSA) is 46.2 Å². The minimum Gasteiger partial charge on any atom is -0.427 e. The summed E-state index contributed by atoms with van der Waals surface area (Å²) in [6.07, 6.45) is 7.40. The second-order valence-corrected chi connectivity index (χ2v) is 47.4. The van der Waals surface area contributed by atoms with Crippen LogP contribution in [0.25, 0.3) is 0 Å². The molecule has 0 aromatic heterocycles. The van der Waals surface area contributed by atoms with Gasteiger partial charge in [-0.05, 0) is 64.0 Å². The lowest BCUT2D eigenvalue weighted by molar-refractivity contribution is 0.255. The smallest absolute Gasteiger partial charge is 0.427 e. The van der Waals surface area contributed by atoms with E-state index in [1.807, 2.05) is 14.2 Å². The molecule has 0 aliphatic carbocycles. The number of rotatable bonds is 22. The third-order valence-electron chi connectivity index (χ3n) is 7.52. The van der Waals surface area contributed by atoms with Gasteiger partial charge in [-0.3, -0.25) is 0 Å². The predicted molar refractivity (Wildman–Crippen MR) is 177 cm³/mol. The first kappa shape index (κ1) is 37.3. The lowest BCUT2D eigenvalue weighted by Gasteiger charge is -2.44. The Balaban J connectivity index is 6.35. The van der Waals surface area contributed by atoms with Gasteiger partial charge in [0.25, 0.3) is 0 Å². The van der Waals surface area contributed by atoms with Gasteiger partial charge in [-0.15, -0.1) is 0 Å². The summed E-state index contributed by atoms with van der Waals surface area (Å²) in [4.78, 5) is 0. The van der Waals surface area contributed by atoms with Gasteiger partial charge < -0.3 is 21.2 Å². The van der Waals surface area contributed by atoms with E-state index in [2.05, 4.69) is 73.1 Å². The summed E-state index contributed by atoms with van der Waals surface area (Å²) in [7, 11) is -8.39. The summed E-state index contributed by atoms with van der Waals surface area (Å²) in [5, 5.41) is 0. The number of unbranched alkanes of at least 4 members (excludes halogenated alkanes) is 3. The molecule has 12 heteroatoms. The molecule has 0 aliphatic heterocycles. The van der Waals surface area contributed by atoms with Crippen molar-refractivity contribution in [1.29, 1.82) is 0 Å². The molecule has 0 N–H and O–H groups in total.